The van der Waals surface area contributed by atoms with Crippen molar-refractivity contribution in [2.75, 3.05) is 31.0 Å². The summed E-state index contributed by atoms with van der Waals surface area (Å²) >= 11 is 0. The zero-order valence-electron chi connectivity index (χ0n) is 17.6. The number of rotatable bonds is 10. The summed E-state index contributed by atoms with van der Waals surface area (Å²) in [7, 11) is -2.12. The lowest BCUT2D eigenvalue weighted by molar-refractivity contribution is -0.133. The SMILES string of the molecule is CCCCN(CC)C(=O)COc1ccc(N(C)S(=O)(=O)c2ccc(C)cc2)cc1. The molecule has 29 heavy (non-hydrogen) atoms. The molecule has 2 aromatic rings. The lowest BCUT2D eigenvalue weighted by Crippen LogP contribution is -2.35. The van der Waals surface area contributed by atoms with E-state index < -0.39 is 10.0 Å². The van der Waals surface area contributed by atoms with Crippen molar-refractivity contribution < 1.29 is 17.9 Å². The zero-order valence-corrected chi connectivity index (χ0v) is 18.4. The number of amides is 1. The Labute approximate surface area is 174 Å². The van der Waals surface area contributed by atoms with Crippen LogP contribution in [0.5, 0.6) is 5.75 Å². The molecule has 0 heterocycles. The van der Waals surface area contributed by atoms with E-state index >= 15 is 0 Å². The Morgan fingerprint density at radius 1 is 1.00 bits per heavy atom. The first kappa shape index (κ1) is 22.7. The maximum atomic E-state index is 12.8. The summed E-state index contributed by atoms with van der Waals surface area (Å²) in [5.74, 6) is 0.471. The minimum absolute atomic E-state index is 0.0333. The van der Waals surface area contributed by atoms with Crippen LogP contribution in [0.1, 0.15) is 32.3 Å². The van der Waals surface area contributed by atoms with Crippen LogP contribution in [0.4, 0.5) is 5.69 Å². The van der Waals surface area contributed by atoms with Crippen molar-refractivity contribution in [3.8, 4) is 5.75 Å². The molecule has 2 aromatic carbocycles. The molecular formula is C22H30N2O4S. The third kappa shape index (κ3) is 5.97. The van der Waals surface area contributed by atoms with Gasteiger partial charge in [-0.3, -0.25) is 9.10 Å². The quantitative estimate of drug-likeness (QED) is 0.588. The van der Waals surface area contributed by atoms with Gasteiger partial charge in [-0.25, -0.2) is 8.42 Å². The Bertz CT molecular complexity index is 893. The molecule has 6 nitrogen and oxygen atoms in total. The Balaban J connectivity index is 2.02. The molecule has 2 rings (SSSR count). The second-order valence-electron chi connectivity index (χ2n) is 6.90. The number of nitrogens with zero attached hydrogens (tertiary/aromatic N) is 2. The molecule has 0 radical (unpaired) electrons. The van der Waals surface area contributed by atoms with Gasteiger partial charge in [-0.05, 0) is 56.7 Å². The largest absolute Gasteiger partial charge is 0.484 e. The van der Waals surface area contributed by atoms with E-state index in [1.807, 2.05) is 13.8 Å². The van der Waals surface area contributed by atoms with E-state index in [0.717, 1.165) is 24.9 Å². The number of likely N-dealkylation sites (N-methyl/N-ethyl adjacent to an activating group) is 1. The number of ether oxygens (including phenoxy) is 1. The number of anilines is 1. The van der Waals surface area contributed by atoms with E-state index in [0.29, 0.717) is 18.0 Å². The van der Waals surface area contributed by atoms with Gasteiger partial charge < -0.3 is 9.64 Å². The van der Waals surface area contributed by atoms with Gasteiger partial charge in [-0.2, -0.15) is 0 Å². The van der Waals surface area contributed by atoms with Crippen LogP contribution in [-0.4, -0.2) is 46.0 Å². The van der Waals surface area contributed by atoms with Crippen molar-refractivity contribution in [3.63, 3.8) is 0 Å². The maximum Gasteiger partial charge on any atom is 0.264 e. The highest BCUT2D eigenvalue weighted by molar-refractivity contribution is 7.92. The molecular weight excluding hydrogens is 388 g/mol. The molecule has 0 fully saturated rings. The Kier molecular flexibility index (Phi) is 8.08. The second kappa shape index (κ2) is 10.3. The minimum atomic E-state index is -3.64. The highest BCUT2D eigenvalue weighted by Gasteiger charge is 2.21. The van der Waals surface area contributed by atoms with Crippen LogP contribution in [-0.2, 0) is 14.8 Å². The fraction of sp³-hybridized carbons (Fsp3) is 0.409. The molecule has 0 atom stereocenters. The summed E-state index contributed by atoms with van der Waals surface area (Å²) in [5.41, 5.74) is 1.52. The number of benzene rings is 2. The monoisotopic (exact) mass is 418 g/mol. The highest BCUT2D eigenvalue weighted by Crippen LogP contribution is 2.24. The molecule has 0 saturated carbocycles. The molecule has 158 valence electrons. The lowest BCUT2D eigenvalue weighted by atomic mass is 10.2. The standard InChI is InChI=1S/C22H30N2O4S/c1-5-7-16-24(6-2)22(25)17-28-20-12-10-19(11-13-20)23(4)29(26,27)21-14-8-18(3)9-15-21/h8-15H,5-7,16-17H2,1-4H3. The number of hydrogen-bond acceptors (Lipinski definition) is 4. The van der Waals surface area contributed by atoms with Crippen LogP contribution in [0.2, 0.25) is 0 Å². The summed E-state index contributed by atoms with van der Waals surface area (Å²) in [6.07, 6.45) is 2.00. The zero-order chi connectivity index (χ0) is 21.4. The Morgan fingerprint density at radius 3 is 2.17 bits per heavy atom. The molecule has 7 heteroatoms. The van der Waals surface area contributed by atoms with Crippen LogP contribution in [0.15, 0.2) is 53.4 Å². The first-order valence-corrected chi connectivity index (χ1v) is 11.3. The molecule has 0 unspecified atom stereocenters. The van der Waals surface area contributed by atoms with Crippen molar-refractivity contribution in [3.05, 3.63) is 54.1 Å². The smallest absolute Gasteiger partial charge is 0.264 e. The normalized spacial score (nSPS) is 11.2. The van der Waals surface area contributed by atoms with Gasteiger partial charge in [-0.15, -0.1) is 0 Å². The van der Waals surface area contributed by atoms with E-state index in [-0.39, 0.29) is 17.4 Å². The predicted molar refractivity (Wildman–Crippen MR) is 116 cm³/mol. The molecule has 0 N–H and O–H groups in total. The maximum absolute atomic E-state index is 12.8. The van der Waals surface area contributed by atoms with Crippen molar-refractivity contribution in [2.45, 2.75) is 38.5 Å². The average molecular weight is 419 g/mol. The number of carbonyl (C=O) groups is 1. The van der Waals surface area contributed by atoms with Crippen molar-refractivity contribution in [1.29, 1.82) is 0 Å². The summed E-state index contributed by atoms with van der Waals surface area (Å²) in [6.45, 7) is 7.30. The lowest BCUT2D eigenvalue weighted by Gasteiger charge is -2.21. The molecule has 0 bridgehead atoms. The molecule has 0 aliphatic rings. The van der Waals surface area contributed by atoms with Crippen LogP contribution >= 0.6 is 0 Å². The van der Waals surface area contributed by atoms with Crippen molar-refractivity contribution in [2.24, 2.45) is 0 Å². The fourth-order valence-corrected chi connectivity index (χ4v) is 4.00. The highest BCUT2D eigenvalue weighted by atomic mass is 32.2. The van der Waals surface area contributed by atoms with Gasteiger partial charge in [-0.1, -0.05) is 31.0 Å². The van der Waals surface area contributed by atoms with Gasteiger partial charge in [0.25, 0.3) is 15.9 Å². The summed E-state index contributed by atoms with van der Waals surface area (Å²) in [5, 5.41) is 0. The van der Waals surface area contributed by atoms with Crippen LogP contribution in [0, 0.1) is 6.92 Å². The number of unbranched alkanes of at least 4 members (excludes halogenated alkanes) is 1. The molecule has 0 saturated heterocycles. The van der Waals surface area contributed by atoms with Crippen molar-refractivity contribution in [1.82, 2.24) is 4.90 Å². The van der Waals surface area contributed by atoms with E-state index in [1.165, 1.54) is 11.4 Å². The molecule has 0 spiro atoms. The first-order valence-electron chi connectivity index (χ1n) is 9.85. The van der Waals surface area contributed by atoms with E-state index in [1.54, 1.807) is 53.4 Å². The minimum Gasteiger partial charge on any atom is -0.484 e. The second-order valence-corrected chi connectivity index (χ2v) is 8.86. The van der Waals surface area contributed by atoms with Crippen LogP contribution in [0.3, 0.4) is 0 Å². The number of carbonyl (C=O) groups excluding carboxylic acids is 1. The third-order valence-corrected chi connectivity index (χ3v) is 6.56. The average Bonchev–Trinajstić information content (AvgIpc) is 2.73. The number of aryl methyl sites for hydroxylation is 1. The predicted octanol–water partition coefficient (Wildman–Crippen LogP) is 3.85. The van der Waals surface area contributed by atoms with Gasteiger partial charge in [0, 0.05) is 20.1 Å². The molecule has 0 aliphatic carbocycles. The Morgan fingerprint density at radius 2 is 1.62 bits per heavy atom. The summed E-state index contributed by atoms with van der Waals surface area (Å²) in [6, 6.07) is 13.4. The van der Waals surface area contributed by atoms with Gasteiger partial charge in [0.05, 0.1) is 10.6 Å². The summed E-state index contributed by atoms with van der Waals surface area (Å²) < 4.78 is 32.4. The summed E-state index contributed by atoms with van der Waals surface area (Å²) in [4.78, 5) is 14.3. The van der Waals surface area contributed by atoms with Crippen LogP contribution in [0.25, 0.3) is 0 Å². The number of hydrogen-bond donors (Lipinski definition) is 0. The molecule has 1 amide bonds. The number of sulfonamides is 1. The van der Waals surface area contributed by atoms with E-state index in [4.69, 9.17) is 4.74 Å². The first-order chi connectivity index (χ1) is 13.8. The molecule has 0 aliphatic heterocycles. The van der Waals surface area contributed by atoms with Gasteiger partial charge in [0.15, 0.2) is 6.61 Å². The van der Waals surface area contributed by atoms with Crippen LogP contribution < -0.4 is 9.04 Å². The third-order valence-electron chi connectivity index (χ3n) is 4.76. The van der Waals surface area contributed by atoms with Gasteiger partial charge in [0.2, 0.25) is 0 Å². The fourth-order valence-electron chi connectivity index (χ4n) is 2.80. The van der Waals surface area contributed by atoms with E-state index in [9.17, 15) is 13.2 Å². The van der Waals surface area contributed by atoms with Gasteiger partial charge in [0.1, 0.15) is 5.75 Å². The topological polar surface area (TPSA) is 66.9 Å². The van der Waals surface area contributed by atoms with Gasteiger partial charge >= 0.3 is 0 Å². The Hall–Kier alpha value is -2.54. The van der Waals surface area contributed by atoms with E-state index in [2.05, 4.69) is 6.92 Å². The molecule has 0 aromatic heterocycles. The van der Waals surface area contributed by atoms with Crippen molar-refractivity contribution >= 4 is 21.6 Å².